The molecule has 0 aromatic rings. The fourth-order valence-electron chi connectivity index (χ4n) is 7.17. The van der Waals surface area contributed by atoms with Gasteiger partial charge in [0.25, 0.3) is 0 Å². The van der Waals surface area contributed by atoms with E-state index in [2.05, 4.69) is 22.3 Å². The van der Waals surface area contributed by atoms with Gasteiger partial charge < -0.3 is 24.9 Å². The average Bonchev–Trinajstić information content (AvgIpc) is 3.04. The van der Waals surface area contributed by atoms with Crippen molar-refractivity contribution in [1.29, 1.82) is 0 Å². The number of carboxylic acid groups (broad SMARTS) is 1. The van der Waals surface area contributed by atoms with Gasteiger partial charge in [-0.05, 0) is 77.0 Å². The molecule has 11 nitrogen and oxygen atoms in total. The molecule has 4 saturated carbocycles. The van der Waals surface area contributed by atoms with E-state index >= 15 is 0 Å². The van der Waals surface area contributed by atoms with Crippen LogP contribution in [0.5, 0.6) is 0 Å². The summed E-state index contributed by atoms with van der Waals surface area (Å²) in [7, 11) is 0. The maximum absolute atomic E-state index is 13.0. The number of hydroxylamine groups is 1. The predicted octanol–water partition coefficient (Wildman–Crippen LogP) is 5.78. The monoisotopic (exact) mass is 732 g/mol. The van der Waals surface area contributed by atoms with Gasteiger partial charge in [0.1, 0.15) is 12.7 Å². The molecule has 4 rings (SSSR count). The fraction of sp³-hybridized carbons (Fsp3) is 0.871. The Labute approximate surface area is 291 Å². The number of carbonyl (C=O) groups is 2. The largest absolute Gasteiger partial charge is 0.481 e. The maximum atomic E-state index is 13.0. The molecular weight excluding hydrogens is 686 g/mol. The zero-order chi connectivity index (χ0) is 33.2. The van der Waals surface area contributed by atoms with Gasteiger partial charge in [-0.25, -0.2) is 4.89 Å². The van der Waals surface area contributed by atoms with Crippen molar-refractivity contribution in [2.75, 3.05) is 19.8 Å². The van der Waals surface area contributed by atoms with Gasteiger partial charge >= 0.3 is 5.97 Å². The minimum atomic E-state index is -1.09. The van der Waals surface area contributed by atoms with Gasteiger partial charge in [0.2, 0.25) is 5.91 Å². The lowest BCUT2D eigenvalue weighted by Gasteiger charge is -2.37. The van der Waals surface area contributed by atoms with Crippen LogP contribution in [0.25, 0.3) is 0 Å². The van der Waals surface area contributed by atoms with Gasteiger partial charge in [0.15, 0.2) is 5.76 Å². The Hall–Kier alpha value is -0.600. The lowest BCUT2D eigenvalue weighted by atomic mass is 9.77. The summed E-state index contributed by atoms with van der Waals surface area (Å²) < 4.78 is 5.98. The SMILES string of the molecule is C=C(COC1CCC(NC(=O)C2C(Cl)CCC(Cl)C2C(=O)O)CC1)OOC1CCC(NOCC2C(Cl)CCC(Cl)C2COO)CC1. The number of hydrogen-bond donors (Lipinski definition) is 4. The quantitative estimate of drug-likeness (QED) is 0.0708. The van der Waals surface area contributed by atoms with Crippen LogP contribution in [0.3, 0.4) is 0 Å². The zero-order valence-corrected chi connectivity index (χ0v) is 29.0. The molecule has 8 unspecified atom stereocenters. The van der Waals surface area contributed by atoms with E-state index in [0.717, 1.165) is 51.4 Å². The molecule has 4 N–H and O–H groups in total. The minimum absolute atomic E-state index is 0.00563. The Morgan fingerprint density at radius 3 is 1.87 bits per heavy atom. The normalized spacial score (nSPS) is 38.5. The Morgan fingerprint density at radius 2 is 1.26 bits per heavy atom. The zero-order valence-electron chi connectivity index (χ0n) is 26.0. The number of nitrogens with one attached hydrogen (secondary N) is 2. The molecule has 0 aromatic heterocycles. The summed E-state index contributed by atoms with van der Waals surface area (Å²) in [6, 6.07) is 0.109. The van der Waals surface area contributed by atoms with Crippen molar-refractivity contribution in [2.45, 2.75) is 123 Å². The van der Waals surface area contributed by atoms with E-state index in [4.69, 9.17) is 71.0 Å². The van der Waals surface area contributed by atoms with Crippen molar-refractivity contribution >= 4 is 58.3 Å². The second kappa shape index (κ2) is 19.0. The van der Waals surface area contributed by atoms with E-state index in [1.807, 2.05) is 0 Å². The van der Waals surface area contributed by atoms with Crippen LogP contribution in [-0.2, 0) is 33.8 Å². The molecule has 4 aliphatic carbocycles. The number of hydrogen-bond acceptors (Lipinski definition) is 9. The predicted molar refractivity (Wildman–Crippen MR) is 174 cm³/mol. The van der Waals surface area contributed by atoms with E-state index < -0.39 is 28.6 Å². The summed E-state index contributed by atoms with van der Waals surface area (Å²) in [5.41, 5.74) is 3.15. The van der Waals surface area contributed by atoms with Crippen LogP contribution in [0, 0.1) is 23.7 Å². The first-order valence-electron chi connectivity index (χ1n) is 16.4. The van der Waals surface area contributed by atoms with Crippen LogP contribution in [0.2, 0.25) is 0 Å². The molecule has 15 heteroatoms. The summed E-state index contributed by atoms with van der Waals surface area (Å²) in [5.74, 6) is -2.98. The minimum Gasteiger partial charge on any atom is -0.481 e. The maximum Gasteiger partial charge on any atom is 0.308 e. The van der Waals surface area contributed by atoms with Gasteiger partial charge in [0, 0.05) is 45.4 Å². The molecule has 0 saturated heterocycles. The summed E-state index contributed by atoms with van der Waals surface area (Å²) >= 11 is 25.6. The number of alkyl halides is 4. The van der Waals surface area contributed by atoms with Crippen molar-refractivity contribution in [3.63, 3.8) is 0 Å². The van der Waals surface area contributed by atoms with E-state index in [9.17, 15) is 14.7 Å². The van der Waals surface area contributed by atoms with Crippen LogP contribution < -0.4 is 10.8 Å². The summed E-state index contributed by atoms with van der Waals surface area (Å²) in [6.07, 6.45) is 8.69. The number of carboxylic acids is 1. The van der Waals surface area contributed by atoms with Crippen LogP contribution >= 0.6 is 46.4 Å². The van der Waals surface area contributed by atoms with Gasteiger partial charge in [-0.3, -0.25) is 14.8 Å². The lowest BCUT2D eigenvalue weighted by Crippen LogP contribution is -2.51. The summed E-state index contributed by atoms with van der Waals surface area (Å²) in [5, 5.41) is 20.2. The molecule has 0 aromatic carbocycles. The standard InChI is InChI=1S/C31H48Cl4N2O9/c1-17(14-42-20-6-2-18(3-7-20)36-30(38)28-26(34)12-13-27(35)29(28)31(39)40)45-46-21-8-4-19(5-9-21)37-43-15-22-23(16-44-41)25(33)11-10-24(22)32/h18-29,37,41H,1-16H2,(H,36,38)(H,39,40). The van der Waals surface area contributed by atoms with E-state index in [0.29, 0.717) is 38.0 Å². The molecule has 1 amide bonds. The molecule has 4 aliphatic rings. The van der Waals surface area contributed by atoms with Crippen molar-refractivity contribution < 1.29 is 44.2 Å². The van der Waals surface area contributed by atoms with Crippen molar-refractivity contribution in [3.05, 3.63) is 12.3 Å². The highest BCUT2D eigenvalue weighted by Gasteiger charge is 2.47. The molecule has 0 heterocycles. The van der Waals surface area contributed by atoms with Gasteiger partial charge in [0.05, 0.1) is 31.2 Å². The average molecular weight is 735 g/mol. The first kappa shape index (κ1) is 38.2. The van der Waals surface area contributed by atoms with Crippen LogP contribution in [-0.4, -0.2) is 87.9 Å². The first-order chi connectivity index (χ1) is 22.1. The highest BCUT2D eigenvalue weighted by Crippen LogP contribution is 2.39. The second-order valence-corrected chi connectivity index (χ2v) is 15.4. The Morgan fingerprint density at radius 1 is 0.717 bits per heavy atom. The summed E-state index contributed by atoms with van der Waals surface area (Å²) in [4.78, 5) is 46.0. The molecule has 4 fully saturated rings. The fourth-order valence-corrected chi connectivity index (χ4v) is 8.73. The number of halogens is 4. The Bertz CT molecular complexity index is 984. The highest BCUT2D eigenvalue weighted by molar-refractivity contribution is 6.25. The smallest absolute Gasteiger partial charge is 0.308 e. The first-order valence-corrected chi connectivity index (χ1v) is 18.2. The third kappa shape index (κ3) is 11.0. The molecule has 0 radical (unpaired) electrons. The van der Waals surface area contributed by atoms with E-state index in [1.165, 1.54) is 0 Å². The number of aliphatic carboxylic acids is 1. The topological polar surface area (TPSA) is 145 Å². The lowest BCUT2D eigenvalue weighted by molar-refractivity contribution is -0.305. The molecule has 46 heavy (non-hydrogen) atoms. The van der Waals surface area contributed by atoms with Gasteiger partial charge in [-0.1, -0.05) is 6.58 Å². The van der Waals surface area contributed by atoms with Crippen molar-refractivity contribution in [1.82, 2.24) is 10.8 Å². The number of ether oxygens (including phenoxy) is 1. The highest BCUT2D eigenvalue weighted by atomic mass is 35.5. The number of rotatable bonds is 15. The molecule has 0 bridgehead atoms. The number of amides is 1. The molecule has 0 aliphatic heterocycles. The molecule has 264 valence electrons. The second-order valence-electron chi connectivity index (χ2n) is 13.1. The van der Waals surface area contributed by atoms with Gasteiger partial charge in [-0.2, -0.15) is 10.4 Å². The molecule has 0 spiro atoms. The van der Waals surface area contributed by atoms with Crippen LogP contribution in [0.4, 0.5) is 0 Å². The van der Waals surface area contributed by atoms with Gasteiger partial charge in [-0.15, -0.1) is 46.4 Å². The van der Waals surface area contributed by atoms with E-state index in [1.54, 1.807) is 0 Å². The van der Waals surface area contributed by atoms with Crippen molar-refractivity contribution in [2.24, 2.45) is 23.7 Å². The third-order valence-corrected chi connectivity index (χ3v) is 12.0. The Balaban J connectivity index is 1.06. The van der Waals surface area contributed by atoms with Crippen LogP contribution in [0.1, 0.15) is 77.0 Å². The third-order valence-electron chi connectivity index (χ3n) is 9.94. The van der Waals surface area contributed by atoms with Crippen LogP contribution in [0.15, 0.2) is 12.3 Å². The summed E-state index contributed by atoms with van der Waals surface area (Å²) in [6.45, 7) is 4.64. The molecule has 8 atom stereocenters. The van der Waals surface area contributed by atoms with E-state index in [-0.39, 0.29) is 66.0 Å². The van der Waals surface area contributed by atoms with Crippen molar-refractivity contribution in [3.8, 4) is 0 Å². The molecular formula is C31H48Cl4N2O9. The Kier molecular flexibility index (Phi) is 15.8. The number of carbonyl (C=O) groups excluding carboxylic acids is 1.